The third-order valence-corrected chi connectivity index (χ3v) is 5.46. The predicted molar refractivity (Wildman–Crippen MR) is 77.0 cm³/mol. The zero-order chi connectivity index (χ0) is 13.0. The first-order valence-electron chi connectivity index (χ1n) is 6.93. The van der Waals surface area contributed by atoms with Crippen LogP contribution in [0.3, 0.4) is 0 Å². The predicted octanol–water partition coefficient (Wildman–Crippen LogP) is 2.10. The lowest BCUT2D eigenvalue weighted by atomic mass is 9.93. The normalized spacial score (nSPS) is 25.5. The van der Waals surface area contributed by atoms with Gasteiger partial charge in [0, 0.05) is 23.8 Å². The van der Waals surface area contributed by atoms with Crippen LogP contribution in [0.15, 0.2) is 6.33 Å². The Bertz CT molecular complexity index is 371. The molecule has 0 saturated carbocycles. The van der Waals surface area contributed by atoms with E-state index in [1.807, 2.05) is 4.68 Å². The minimum Gasteiger partial charge on any atom is -0.312 e. The van der Waals surface area contributed by atoms with Gasteiger partial charge in [0.25, 0.3) is 0 Å². The van der Waals surface area contributed by atoms with Crippen molar-refractivity contribution in [3.8, 4) is 0 Å². The Kier molecular flexibility index (Phi) is 4.67. The molecule has 1 saturated heterocycles. The molecule has 18 heavy (non-hydrogen) atoms. The smallest absolute Gasteiger partial charge is 0.138 e. The van der Waals surface area contributed by atoms with Crippen molar-refractivity contribution in [2.45, 2.75) is 57.4 Å². The number of nitrogens with one attached hydrogen (secondary N) is 1. The third kappa shape index (κ3) is 2.88. The molecule has 2 heterocycles. The van der Waals surface area contributed by atoms with E-state index < -0.39 is 0 Å². The van der Waals surface area contributed by atoms with Gasteiger partial charge in [0.05, 0.1) is 0 Å². The molecule has 1 fully saturated rings. The summed E-state index contributed by atoms with van der Waals surface area (Å²) < 4.78 is 2.36. The lowest BCUT2D eigenvalue weighted by Crippen LogP contribution is -2.47. The first-order chi connectivity index (χ1) is 8.69. The van der Waals surface area contributed by atoms with Gasteiger partial charge in [-0.15, -0.1) is 0 Å². The summed E-state index contributed by atoms with van der Waals surface area (Å²) in [5, 5.41) is 7.92. The largest absolute Gasteiger partial charge is 0.312 e. The van der Waals surface area contributed by atoms with E-state index in [0.717, 1.165) is 25.3 Å². The third-order valence-electron chi connectivity index (χ3n) is 3.82. The molecule has 0 aromatic carbocycles. The summed E-state index contributed by atoms with van der Waals surface area (Å²) >= 11 is 2.11. The van der Waals surface area contributed by atoms with Gasteiger partial charge in [-0.2, -0.15) is 16.9 Å². The lowest BCUT2D eigenvalue weighted by Gasteiger charge is -2.33. The SMILES string of the molecule is CCNC(Cc1ncnn1CC)C1(C)CCCS1. The van der Waals surface area contributed by atoms with Crippen LogP contribution in [-0.2, 0) is 13.0 Å². The van der Waals surface area contributed by atoms with Gasteiger partial charge in [0.15, 0.2) is 0 Å². The number of likely N-dealkylation sites (N-methyl/N-ethyl adjacent to an activating group) is 1. The molecule has 1 aromatic rings. The Morgan fingerprint density at radius 1 is 1.56 bits per heavy atom. The quantitative estimate of drug-likeness (QED) is 0.858. The molecule has 102 valence electrons. The number of aryl methyl sites for hydroxylation is 1. The first kappa shape index (κ1) is 13.9. The molecule has 1 aliphatic heterocycles. The molecule has 4 nitrogen and oxygen atoms in total. The van der Waals surface area contributed by atoms with Crippen LogP contribution in [0.5, 0.6) is 0 Å². The van der Waals surface area contributed by atoms with Crippen molar-refractivity contribution in [3.63, 3.8) is 0 Å². The molecule has 0 radical (unpaired) electrons. The number of hydrogen-bond acceptors (Lipinski definition) is 4. The summed E-state index contributed by atoms with van der Waals surface area (Å²) in [7, 11) is 0. The maximum Gasteiger partial charge on any atom is 0.138 e. The van der Waals surface area contributed by atoms with Gasteiger partial charge in [0.2, 0.25) is 0 Å². The van der Waals surface area contributed by atoms with Gasteiger partial charge in [-0.1, -0.05) is 6.92 Å². The maximum absolute atomic E-state index is 4.41. The molecule has 5 heteroatoms. The molecule has 0 spiro atoms. The second kappa shape index (κ2) is 6.06. The van der Waals surface area contributed by atoms with Gasteiger partial charge in [-0.3, -0.25) is 4.68 Å². The summed E-state index contributed by atoms with van der Waals surface area (Å²) in [6, 6.07) is 0.490. The monoisotopic (exact) mass is 268 g/mol. The van der Waals surface area contributed by atoms with Crippen LogP contribution >= 0.6 is 11.8 Å². The van der Waals surface area contributed by atoms with Gasteiger partial charge < -0.3 is 5.32 Å². The summed E-state index contributed by atoms with van der Waals surface area (Å²) in [5.74, 6) is 2.40. The van der Waals surface area contributed by atoms with Crippen molar-refractivity contribution in [1.29, 1.82) is 0 Å². The molecule has 2 atom stereocenters. The maximum atomic E-state index is 4.41. The average molecular weight is 268 g/mol. The van der Waals surface area contributed by atoms with Crippen molar-refractivity contribution in [2.24, 2.45) is 0 Å². The van der Waals surface area contributed by atoms with Crippen LogP contribution in [0.4, 0.5) is 0 Å². The van der Waals surface area contributed by atoms with Crippen molar-refractivity contribution in [2.75, 3.05) is 12.3 Å². The van der Waals surface area contributed by atoms with E-state index in [0.29, 0.717) is 10.8 Å². The van der Waals surface area contributed by atoms with E-state index >= 15 is 0 Å². The molecule has 1 aromatic heterocycles. The average Bonchev–Trinajstić information content (AvgIpc) is 2.98. The fourth-order valence-corrected chi connectivity index (χ4v) is 4.13. The minimum absolute atomic E-state index is 0.348. The zero-order valence-corrected chi connectivity index (χ0v) is 12.5. The van der Waals surface area contributed by atoms with E-state index in [1.54, 1.807) is 6.33 Å². The lowest BCUT2D eigenvalue weighted by molar-refractivity contribution is 0.393. The highest BCUT2D eigenvalue weighted by Crippen LogP contribution is 2.41. The van der Waals surface area contributed by atoms with Crippen LogP contribution in [0, 0.1) is 0 Å². The highest BCUT2D eigenvalue weighted by Gasteiger charge is 2.38. The Labute approximate surface area is 114 Å². The Morgan fingerprint density at radius 3 is 3.00 bits per heavy atom. The Balaban J connectivity index is 2.11. The van der Waals surface area contributed by atoms with Crippen LogP contribution in [0.25, 0.3) is 0 Å². The van der Waals surface area contributed by atoms with Crippen LogP contribution in [0.2, 0.25) is 0 Å². The van der Waals surface area contributed by atoms with E-state index in [-0.39, 0.29) is 0 Å². The molecular formula is C13H24N4S. The summed E-state index contributed by atoms with van der Waals surface area (Å²) in [6.07, 6.45) is 5.29. The van der Waals surface area contributed by atoms with Crippen molar-refractivity contribution >= 4 is 11.8 Å². The summed E-state index contributed by atoms with van der Waals surface area (Å²) in [5.41, 5.74) is 0. The number of aromatic nitrogens is 3. The molecular weight excluding hydrogens is 244 g/mol. The fourth-order valence-electron chi connectivity index (χ4n) is 2.72. The van der Waals surface area contributed by atoms with Crippen molar-refractivity contribution in [1.82, 2.24) is 20.1 Å². The molecule has 2 rings (SSSR count). The van der Waals surface area contributed by atoms with E-state index in [4.69, 9.17) is 0 Å². The Morgan fingerprint density at radius 2 is 2.39 bits per heavy atom. The highest BCUT2D eigenvalue weighted by atomic mass is 32.2. The van der Waals surface area contributed by atoms with E-state index in [2.05, 4.69) is 47.9 Å². The second-order valence-corrected chi connectivity index (χ2v) is 6.70. The van der Waals surface area contributed by atoms with Crippen molar-refractivity contribution in [3.05, 3.63) is 12.2 Å². The molecule has 0 aliphatic carbocycles. The summed E-state index contributed by atoms with van der Waals surface area (Å²) in [4.78, 5) is 4.41. The number of hydrogen-bond donors (Lipinski definition) is 1. The molecule has 2 unspecified atom stereocenters. The van der Waals surface area contributed by atoms with Gasteiger partial charge in [-0.05, 0) is 39.0 Å². The Hall–Kier alpha value is -0.550. The molecule has 0 amide bonds. The number of thioether (sulfide) groups is 1. The number of rotatable bonds is 6. The molecule has 1 N–H and O–H groups in total. The van der Waals surface area contributed by atoms with Gasteiger partial charge in [0.1, 0.15) is 12.2 Å². The van der Waals surface area contributed by atoms with E-state index in [9.17, 15) is 0 Å². The van der Waals surface area contributed by atoms with Gasteiger partial charge in [-0.25, -0.2) is 4.98 Å². The van der Waals surface area contributed by atoms with Crippen LogP contribution in [-0.4, -0.2) is 37.9 Å². The van der Waals surface area contributed by atoms with Crippen molar-refractivity contribution < 1.29 is 0 Å². The van der Waals surface area contributed by atoms with Gasteiger partial charge >= 0.3 is 0 Å². The van der Waals surface area contributed by atoms with Crippen LogP contribution < -0.4 is 5.32 Å². The first-order valence-corrected chi connectivity index (χ1v) is 7.92. The second-order valence-electron chi connectivity index (χ2n) is 5.07. The topological polar surface area (TPSA) is 42.7 Å². The fraction of sp³-hybridized carbons (Fsp3) is 0.846. The van der Waals surface area contributed by atoms with E-state index in [1.165, 1.54) is 18.6 Å². The molecule has 0 bridgehead atoms. The zero-order valence-electron chi connectivity index (χ0n) is 11.6. The standard InChI is InChI=1S/C13H24N4S/c1-4-14-11(13(3)7-6-8-18-13)9-12-15-10-16-17(12)5-2/h10-11,14H,4-9H2,1-3H3. The highest BCUT2D eigenvalue weighted by molar-refractivity contribution is 8.00. The summed E-state index contributed by atoms with van der Waals surface area (Å²) in [6.45, 7) is 8.61. The number of nitrogens with zero attached hydrogens (tertiary/aromatic N) is 3. The molecule has 1 aliphatic rings. The minimum atomic E-state index is 0.348. The van der Waals surface area contributed by atoms with Crippen LogP contribution in [0.1, 0.15) is 39.4 Å².